The van der Waals surface area contributed by atoms with Crippen LogP contribution >= 0.6 is 0 Å². The van der Waals surface area contributed by atoms with E-state index >= 15 is 0 Å². The molecule has 2 aromatic rings. The Morgan fingerprint density at radius 3 is 1.57 bits per heavy atom. The van der Waals surface area contributed by atoms with Gasteiger partial charge in [-0.15, -0.1) is 0 Å². The summed E-state index contributed by atoms with van der Waals surface area (Å²) in [5.41, 5.74) is 0.636. The van der Waals surface area contributed by atoms with Gasteiger partial charge in [0, 0.05) is 6.42 Å². The molecule has 0 amide bonds. The zero-order valence-electron chi connectivity index (χ0n) is 16.3. The second kappa shape index (κ2) is 14.0. The summed E-state index contributed by atoms with van der Waals surface area (Å²) in [7, 11) is 0. The van der Waals surface area contributed by atoms with E-state index < -0.39 is 11.9 Å². The third-order valence-electron chi connectivity index (χ3n) is 3.50. The van der Waals surface area contributed by atoms with Crippen molar-refractivity contribution in [2.24, 2.45) is 0 Å². The first-order valence-electron chi connectivity index (χ1n) is 9.27. The van der Waals surface area contributed by atoms with E-state index in [2.05, 4.69) is 16.7 Å². The van der Waals surface area contributed by atoms with Gasteiger partial charge >= 0.3 is 17.9 Å². The van der Waals surface area contributed by atoms with E-state index in [0.717, 1.165) is 19.3 Å². The molecule has 0 saturated heterocycles. The van der Waals surface area contributed by atoms with E-state index in [4.69, 9.17) is 4.74 Å². The predicted octanol–water partition coefficient (Wildman–Crippen LogP) is 4.75. The number of rotatable bonds is 7. The second-order valence-electron chi connectivity index (χ2n) is 5.74. The molecule has 150 valence electrons. The summed E-state index contributed by atoms with van der Waals surface area (Å²) in [6.45, 7) is 4.45. The zero-order chi connectivity index (χ0) is 20.6. The van der Waals surface area contributed by atoms with Gasteiger partial charge in [-0.25, -0.2) is 19.4 Å². The molecule has 0 aromatic heterocycles. The first-order chi connectivity index (χ1) is 13.6. The molecule has 0 aliphatic rings. The maximum absolute atomic E-state index is 11.5. The highest BCUT2D eigenvalue weighted by Crippen LogP contribution is 2.05. The Hall–Kier alpha value is -3.15. The monoisotopic (exact) mass is 386 g/mol. The topological polar surface area (TPSA) is 78.9 Å². The first kappa shape index (κ1) is 22.9. The second-order valence-corrected chi connectivity index (χ2v) is 5.74. The lowest BCUT2D eigenvalue weighted by atomic mass is 10.2. The molecule has 2 rings (SSSR count). The fourth-order valence-electron chi connectivity index (χ4n) is 2.07. The molecule has 0 aliphatic carbocycles. The van der Waals surface area contributed by atoms with Crippen LogP contribution in [0.3, 0.4) is 0 Å². The Kier molecular flexibility index (Phi) is 11.4. The molecule has 0 aliphatic heterocycles. The number of carbonyl (C=O) groups is 3. The Labute approximate surface area is 165 Å². The van der Waals surface area contributed by atoms with Crippen LogP contribution in [-0.2, 0) is 19.3 Å². The molecule has 0 fully saturated rings. The highest BCUT2D eigenvalue weighted by atomic mass is 17.2. The van der Waals surface area contributed by atoms with Crippen molar-refractivity contribution in [2.75, 3.05) is 6.61 Å². The molecule has 0 N–H and O–H groups in total. The number of unbranched alkanes of at least 4 members (excludes halogenated alkanes) is 2. The molecule has 2 aromatic carbocycles. The molecule has 0 atom stereocenters. The van der Waals surface area contributed by atoms with Gasteiger partial charge in [-0.2, -0.15) is 0 Å². The number of hydrogen-bond donors (Lipinski definition) is 0. The average molecular weight is 386 g/mol. The smallest absolute Gasteiger partial charge is 0.386 e. The van der Waals surface area contributed by atoms with Crippen molar-refractivity contribution in [3.63, 3.8) is 0 Å². The van der Waals surface area contributed by atoms with Gasteiger partial charge in [0.1, 0.15) is 0 Å². The summed E-state index contributed by atoms with van der Waals surface area (Å²) in [5, 5.41) is 0. The van der Waals surface area contributed by atoms with Crippen molar-refractivity contribution in [1.82, 2.24) is 0 Å². The van der Waals surface area contributed by atoms with Gasteiger partial charge in [0.2, 0.25) is 0 Å². The van der Waals surface area contributed by atoms with E-state index in [1.807, 2.05) is 6.92 Å². The Balaban J connectivity index is 0.000000336. The van der Waals surface area contributed by atoms with Crippen molar-refractivity contribution in [3.05, 3.63) is 71.8 Å². The number of benzene rings is 2. The van der Waals surface area contributed by atoms with Gasteiger partial charge in [0.05, 0.1) is 17.7 Å². The third-order valence-corrected chi connectivity index (χ3v) is 3.50. The summed E-state index contributed by atoms with van der Waals surface area (Å²) >= 11 is 0. The summed E-state index contributed by atoms with van der Waals surface area (Å²) in [6.07, 6.45) is 3.83. The fraction of sp³-hybridized carbons (Fsp3) is 0.318. The van der Waals surface area contributed by atoms with Gasteiger partial charge in [-0.05, 0) is 37.6 Å². The normalized spacial score (nSPS) is 9.50. The Bertz CT molecular complexity index is 661. The summed E-state index contributed by atoms with van der Waals surface area (Å²) in [5.74, 6) is -1.48. The number of esters is 1. The van der Waals surface area contributed by atoms with Crippen LogP contribution in [0.1, 0.15) is 60.2 Å². The first-order valence-corrected chi connectivity index (χ1v) is 9.27. The molecule has 28 heavy (non-hydrogen) atoms. The molecular formula is C22H26O6. The average Bonchev–Trinajstić information content (AvgIpc) is 2.74. The minimum absolute atomic E-state index is 0.0593. The van der Waals surface area contributed by atoms with Gasteiger partial charge in [-0.1, -0.05) is 56.2 Å². The lowest BCUT2D eigenvalue weighted by Gasteiger charge is -2.02. The quantitative estimate of drug-likeness (QED) is 0.296. The molecule has 0 spiro atoms. The van der Waals surface area contributed by atoms with Crippen LogP contribution in [0.5, 0.6) is 0 Å². The minimum atomic E-state index is -0.708. The molecule has 0 heterocycles. The highest BCUT2D eigenvalue weighted by Gasteiger charge is 2.13. The zero-order valence-corrected chi connectivity index (χ0v) is 16.3. The van der Waals surface area contributed by atoms with Crippen molar-refractivity contribution in [1.29, 1.82) is 0 Å². The van der Waals surface area contributed by atoms with E-state index in [-0.39, 0.29) is 5.97 Å². The maximum atomic E-state index is 11.5. The highest BCUT2D eigenvalue weighted by molar-refractivity contribution is 5.92. The lowest BCUT2D eigenvalue weighted by Crippen LogP contribution is -2.11. The van der Waals surface area contributed by atoms with Gasteiger partial charge in [0.25, 0.3) is 0 Å². The van der Waals surface area contributed by atoms with Crippen LogP contribution in [0.4, 0.5) is 0 Å². The van der Waals surface area contributed by atoms with Crippen molar-refractivity contribution in [2.45, 2.75) is 39.5 Å². The maximum Gasteiger partial charge on any atom is 0.386 e. The number of carbonyl (C=O) groups excluding carboxylic acids is 3. The predicted molar refractivity (Wildman–Crippen MR) is 104 cm³/mol. The summed E-state index contributed by atoms with van der Waals surface area (Å²) in [4.78, 5) is 42.6. The van der Waals surface area contributed by atoms with Crippen molar-refractivity contribution < 1.29 is 28.9 Å². The van der Waals surface area contributed by atoms with E-state index in [1.54, 1.807) is 60.7 Å². The molecular weight excluding hydrogens is 360 g/mol. The van der Waals surface area contributed by atoms with Crippen molar-refractivity contribution >= 4 is 17.9 Å². The molecule has 0 radical (unpaired) electrons. The van der Waals surface area contributed by atoms with Gasteiger partial charge < -0.3 is 4.74 Å². The van der Waals surface area contributed by atoms with Crippen LogP contribution in [0, 0.1) is 0 Å². The Morgan fingerprint density at radius 2 is 1.18 bits per heavy atom. The Morgan fingerprint density at radius 1 is 0.714 bits per heavy atom. The van der Waals surface area contributed by atoms with Crippen LogP contribution < -0.4 is 0 Å². The van der Waals surface area contributed by atoms with Gasteiger partial charge in [-0.3, -0.25) is 4.79 Å². The molecule has 0 saturated carbocycles. The van der Waals surface area contributed by atoms with Crippen LogP contribution in [0.15, 0.2) is 60.7 Å². The van der Waals surface area contributed by atoms with E-state index in [9.17, 15) is 14.4 Å². The van der Waals surface area contributed by atoms with Crippen LogP contribution in [0.2, 0.25) is 0 Å². The van der Waals surface area contributed by atoms with Gasteiger partial charge in [0.15, 0.2) is 0 Å². The molecule has 0 unspecified atom stereocenters. The van der Waals surface area contributed by atoms with E-state index in [0.29, 0.717) is 24.2 Å². The number of hydrogen-bond acceptors (Lipinski definition) is 6. The third kappa shape index (κ3) is 9.52. The van der Waals surface area contributed by atoms with E-state index in [1.165, 1.54) is 0 Å². The van der Waals surface area contributed by atoms with Crippen LogP contribution in [-0.4, -0.2) is 24.5 Å². The van der Waals surface area contributed by atoms with Crippen molar-refractivity contribution in [3.8, 4) is 0 Å². The molecule has 0 bridgehead atoms. The minimum Gasteiger partial charge on any atom is -0.466 e. The SMILES string of the molecule is CCCCCC(=O)OCC.O=C(OOC(=O)c1ccccc1)c1ccccc1. The lowest BCUT2D eigenvalue weighted by molar-refractivity contribution is -0.187. The number of ether oxygens (including phenoxy) is 1. The summed E-state index contributed by atoms with van der Waals surface area (Å²) < 4.78 is 4.75. The molecule has 6 nitrogen and oxygen atoms in total. The molecule has 6 heteroatoms. The largest absolute Gasteiger partial charge is 0.466 e. The summed E-state index contributed by atoms with van der Waals surface area (Å²) in [6, 6.07) is 16.6. The van der Waals surface area contributed by atoms with Crippen LogP contribution in [0.25, 0.3) is 0 Å². The standard InChI is InChI=1S/C14H10O4.C8H16O2/c15-13(11-7-3-1-4-8-11)17-18-14(16)12-9-5-2-6-10-12;1-3-5-6-7-8(9)10-4-2/h1-10H;3-7H2,1-2H3. The fourth-order valence-corrected chi connectivity index (χ4v) is 2.07.